The lowest BCUT2D eigenvalue weighted by atomic mass is 9.94. The number of H-pyrrole nitrogens is 1. The van der Waals surface area contributed by atoms with Gasteiger partial charge < -0.3 is 9.88 Å². The number of aromatic amines is 1. The van der Waals surface area contributed by atoms with Gasteiger partial charge in [-0.25, -0.2) is 9.97 Å². The van der Waals surface area contributed by atoms with Crippen LogP contribution < -0.4 is 4.90 Å². The minimum atomic E-state index is 0.895. The average molecular weight is 228 g/mol. The second kappa shape index (κ2) is 3.45. The van der Waals surface area contributed by atoms with E-state index in [2.05, 4.69) is 25.9 Å². The fourth-order valence-corrected chi connectivity index (χ4v) is 2.83. The van der Waals surface area contributed by atoms with E-state index >= 15 is 0 Å². The lowest BCUT2D eigenvalue weighted by Crippen LogP contribution is -2.47. The summed E-state index contributed by atoms with van der Waals surface area (Å²) in [6, 6.07) is 2.07. The molecule has 0 radical (unpaired) electrons. The third-order valence-corrected chi connectivity index (χ3v) is 3.95. The summed E-state index contributed by atoms with van der Waals surface area (Å²) in [6.45, 7) is 2.35. The summed E-state index contributed by atoms with van der Waals surface area (Å²) in [5, 5.41) is 1.15. The maximum Gasteiger partial charge on any atom is 0.142 e. The monoisotopic (exact) mass is 228 g/mol. The molecule has 1 aliphatic carbocycles. The summed E-state index contributed by atoms with van der Waals surface area (Å²) in [5.41, 5.74) is 0.945. The molecule has 2 fully saturated rings. The largest absolute Gasteiger partial charge is 0.355 e. The van der Waals surface area contributed by atoms with E-state index in [9.17, 15) is 0 Å². The van der Waals surface area contributed by atoms with Crippen LogP contribution in [-0.4, -0.2) is 28.0 Å². The third kappa shape index (κ3) is 1.59. The molecule has 0 unspecified atom stereocenters. The van der Waals surface area contributed by atoms with Crippen molar-refractivity contribution >= 4 is 16.9 Å². The van der Waals surface area contributed by atoms with Gasteiger partial charge in [-0.3, -0.25) is 0 Å². The highest BCUT2D eigenvalue weighted by molar-refractivity contribution is 5.87. The highest BCUT2D eigenvalue weighted by Crippen LogP contribution is 2.39. The Morgan fingerprint density at radius 1 is 1.24 bits per heavy atom. The molecule has 1 N–H and O–H groups in total. The molecule has 0 atom stereocenters. The molecular formula is C13H16N4. The summed E-state index contributed by atoms with van der Waals surface area (Å²) in [4.78, 5) is 14.2. The van der Waals surface area contributed by atoms with E-state index in [0.29, 0.717) is 0 Å². The van der Waals surface area contributed by atoms with Gasteiger partial charge in [0.2, 0.25) is 0 Å². The number of hydrogen-bond donors (Lipinski definition) is 1. The minimum absolute atomic E-state index is 0.895. The zero-order valence-corrected chi connectivity index (χ0v) is 9.76. The summed E-state index contributed by atoms with van der Waals surface area (Å²) < 4.78 is 0. The van der Waals surface area contributed by atoms with E-state index in [4.69, 9.17) is 0 Å². The van der Waals surface area contributed by atoms with Crippen molar-refractivity contribution in [1.29, 1.82) is 0 Å². The molecule has 0 spiro atoms. The molecule has 1 aliphatic heterocycles. The predicted molar refractivity (Wildman–Crippen MR) is 66.9 cm³/mol. The molecule has 2 aromatic rings. The van der Waals surface area contributed by atoms with Crippen molar-refractivity contribution in [3.8, 4) is 0 Å². The van der Waals surface area contributed by atoms with Gasteiger partial charge >= 0.3 is 0 Å². The van der Waals surface area contributed by atoms with Crippen molar-refractivity contribution in [2.24, 2.45) is 11.8 Å². The summed E-state index contributed by atoms with van der Waals surface area (Å²) in [6.07, 6.45) is 7.95. The number of aromatic nitrogens is 3. The maximum absolute atomic E-state index is 4.43. The van der Waals surface area contributed by atoms with Gasteiger partial charge in [-0.1, -0.05) is 12.8 Å². The van der Waals surface area contributed by atoms with Crippen molar-refractivity contribution in [2.45, 2.75) is 19.3 Å². The van der Waals surface area contributed by atoms with Gasteiger partial charge in [0.15, 0.2) is 0 Å². The van der Waals surface area contributed by atoms with Crippen LogP contribution in [0.5, 0.6) is 0 Å². The molecule has 0 bridgehead atoms. The smallest absolute Gasteiger partial charge is 0.142 e. The first-order valence-corrected chi connectivity index (χ1v) is 6.43. The molecule has 3 heterocycles. The minimum Gasteiger partial charge on any atom is -0.355 e. The average Bonchev–Trinajstić information content (AvgIpc) is 2.97. The lowest BCUT2D eigenvalue weighted by molar-refractivity contribution is 0.364. The van der Waals surface area contributed by atoms with Crippen LogP contribution in [0.1, 0.15) is 19.3 Å². The fourth-order valence-electron chi connectivity index (χ4n) is 2.83. The van der Waals surface area contributed by atoms with Gasteiger partial charge in [-0.05, 0) is 24.3 Å². The molecule has 4 nitrogen and oxygen atoms in total. The van der Waals surface area contributed by atoms with Crippen LogP contribution in [0.25, 0.3) is 11.0 Å². The molecular weight excluding hydrogens is 212 g/mol. The number of nitrogens with zero attached hydrogens (tertiary/aromatic N) is 3. The van der Waals surface area contributed by atoms with Crippen molar-refractivity contribution in [3.63, 3.8) is 0 Å². The van der Waals surface area contributed by atoms with Crippen LogP contribution in [0.3, 0.4) is 0 Å². The van der Waals surface area contributed by atoms with Gasteiger partial charge in [0.05, 0.1) is 5.39 Å². The molecule has 2 aliphatic rings. The van der Waals surface area contributed by atoms with Crippen molar-refractivity contribution in [1.82, 2.24) is 15.0 Å². The first kappa shape index (κ1) is 9.45. The zero-order valence-electron chi connectivity index (χ0n) is 9.76. The Bertz CT molecular complexity index is 537. The zero-order chi connectivity index (χ0) is 11.2. The molecule has 4 heteroatoms. The van der Waals surface area contributed by atoms with Crippen LogP contribution >= 0.6 is 0 Å². The molecule has 0 amide bonds. The Hall–Kier alpha value is -1.58. The Balaban J connectivity index is 1.53. The highest BCUT2D eigenvalue weighted by Gasteiger charge is 2.34. The highest BCUT2D eigenvalue weighted by atomic mass is 15.2. The number of nitrogens with one attached hydrogen (secondary N) is 1. The van der Waals surface area contributed by atoms with E-state index < -0.39 is 0 Å². The molecule has 2 aromatic heterocycles. The van der Waals surface area contributed by atoms with Crippen molar-refractivity contribution in [2.75, 3.05) is 18.0 Å². The first-order chi connectivity index (χ1) is 8.40. The molecule has 17 heavy (non-hydrogen) atoms. The Kier molecular flexibility index (Phi) is 1.92. The first-order valence-electron chi connectivity index (χ1n) is 6.43. The SMILES string of the molecule is c1nc(N2CC(CC3CC3)C2)c2cc[nH]c2n1. The number of hydrogen-bond acceptors (Lipinski definition) is 3. The second-order valence-electron chi connectivity index (χ2n) is 5.39. The number of anilines is 1. The summed E-state index contributed by atoms with van der Waals surface area (Å²) in [7, 11) is 0. The van der Waals surface area contributed by atoms with Crippen LogP contribution in [0.15, 0.2) is 18.6 Å². The lowest BCUT2D eigenvalue weighted by Gasteiger charge is -2.40. The van der Waals surface area contributed by atoms with E-state index in [1.807, 2.05) is 6.20 Å². The Morgan fingerprint density at radius 2 is 2.12 bits per heavy atom. The van der Waals surface area contributed by atoms with Crippen LogP contribution in [0, 0.1) is 11.8 Å². The van der Waals surface area contributed by atoms with Crippen molar-refractivity contribution in [3.05, 3.63) is 18.6 Å². The van der Waals surface area contributed by atoms with Crippen LogP contribution in [0.4, 0.5) is 5.82 Å². The van der Waals surface area contributed by atoms with Crippen LogP contribution in [-0.2, 0) is 0 Å². The van der Waals surface area contributed by atoms with E-state index in [-0.39, 0.29) is 0 Å². The molecule has 4 rings (SSSR count). The van der Waals surface area contributed by atoms with Crippen LogP contribution in [0.2, 0.25) is 0 Å². The predicted octanol–water partition coefficient (Wildman–Crippen LogP) is 2.19. The Labute approximate surface area is 100 Å². The molecule has 88 valence electrons. The van der Waals surface area contributed by atoms with Gasteiger partial charge in [-0.2, -0.15) is 0 Å². The van der Waals surface area contributed by atoms with Gasteiger partial charge in [0.1, 0.15) is 17.8 Å². The van der Waals surface area contributed by atoms with E-state index in [1.54, 1.807) is 6.33 Å². The molecule has 1 saturated heterocycles. The van der Waals surface area contributed by atoms with Crippen molar-refractivity contribution < 1.29 is 0 Å². The summed E-state index contributed by atoms with van der Waals surface area (Å²) in [5.74, 6) is 3.04. The normalized spacial score (nSPS) is 20.8. The van der Waals surface area contributed by atoms with Gasteiger partial charge in [-0.15, -0.1) is 0 Å². The van der Waals surface area contributed by atoms with E-state index in [1.165, 1.54) is 32.4 Å². The molecule has 0 aromatic carbocycles. The quantitative estimate of drug-likeness (QED) is 0.875. The second-order valence-corrected chi connectivity index (χ2v) is 5.39. The fraction of sp³-hybridized carbons (Fsp3) is 0.538. The topological polar surface area (TPSA) is 44.8 Å². The maximum atomic E-state index is 4.43. The number of rotatable bonds is 3. The third-order valence-electron chi connectivity index (χ3n) is 3.95. The number of fused-ring (bicyclic) bond motifs is 1. The summed E-state index contributed by atoms with van der Waals surface area (Å²) >= 11 is 0. The van der Waals surface area contributed by atoms with Gasteiger partial charge in [0.25, 0.3) is 0 Å². The Morgan fingerprint density at radius 3 is 2.94 bits per heavy atom. The molecule has 1 saturated carbocycles. The standard InChI is InChI=1S/C13H16N4/c1-2-9(1)5-10-6-17(7-10)13-11-3-4-14-12(11)15-8-16-13/h3-4,8-10H,1-2,5-7H2,(H,14,15,16). The van der Waals surface area contributed by atoms with E-state index in [0.717, 1.165) is 28.7 Å². The van der Waals surface area contributed by atoms with Gasteiger partial charge in [0, 0.05) is 19.3 Å².